The molecule has 0 heterocycles. The van der Waals surface area contributed by atoms with Gasteiger partial charge in [0.1, 0.15) is 5.78 Å². The van der Waals surface area contributed by atoms with Crippen molar-refractivity contribution in [3.05, 3.63) is 35.9 Å². The molecular weight excluding hydrogens is 224 g/mol. The second-order valence-electron chi connectivity index (χ2n) is 5.57. The molecule has 3 atom stereocenters. The molecule has 1 aliphatic carbocycles. The van der Waals surface area contributed by atoms with Crippen molar-refractivity contribution in [3.63, 3.8) is 0 Å². The Morgan fingerprint density at radius 2 is 2.06 bits per heavy atom. The molecule has 2 rings (SSSR count). The van der Waals surface area contributed by atoms with Crippen molar-refractivity contribution >= 4 is 5.78 Å². The molecule has 98 valence electrons. The first kappa shape index (κ1) is 13.3. The molecule has 0 saturated heterocycles. The summed E-state index contributed by atoms with van der Waals surface area (Å²) in [4.78, 5) is 11.9. The van der Waals surface area contributed by atoms with Gasteiger partial charge >= 0.3 is 0 Å². The van der Waals surface area contributed by atoms with Gasteiger partial charge in [0.2, 0.25) is 0 Å². The molecule has 1 aliphatic rings. The Bertz CT molecular complexity index is 385. The van der Waals surface area contributed by atoms with Crippen LogP contribution in [0.3, 0.4) is 0 Å². The summed E-state index contributed by atoms with van der Waals surface area (Å²) in [6.45, 7) is 2.19. The van der Waals surface area contributed by atoms with Gasteiger partial charge in [0, 0.05) is 18.9 Å². The zero-order valence-corrected chi connectivity index (χ0v) is 11.0. The zero-order chi connectivity index (χ0) is 13.0. The maximum Gasteiger partial charge on any atom is 0.136 e. The summed E-state index contributed by atoms with van der Waals surface area (Å²) in [6.07, 6.45) is 3.46. The maximum absolute atomic E-state index is 11.9. The molecule has 0 aromatic heterocycles. The Kier molecular flexibility index (Phi) is 4.54. The number of carbonyl (C=O) groups excluding carboxylic acids is 1. The van der Waals surface area contributed by atoms with Gasteiger partial charge in [0.25, 0.3) is 0 Å². The molecule has 2 nitrogen and oxygen atoms in total. The van der Waals surface area contributed by atoms with Crippen molar-refractivity contribution in [3.8, 4) is 0 Å². The standard InChI is InChI=1S/C16H22O2/c1-12(11-17)9-15-10-14(7-8-16(15)18)13-5-3-2-4-6-13/h2-6,12,14-15,17H,7-11H2,1H3. The van der Waals surface area contributed by atoms with Gasteiger partial charge in [-0.3, -0.25) is 4.79 Å². The van der Waals surface area contributed by atoms with Crippen molar-refractivity contribution in [2.24, 2.45) is 11.8 Å². The first-order chi connectivity index (χ1) is 8.70. The fraction of sp³-hybridized carbons (Fsp3) is 0.562. The molecule has 18 heavy (non-hydrogen) atoms. The average Bonchev–Trinajstić information content (AvgIpc) is 2.42. The molecular formula is C16H22O2. The quantitative estimate of drug-likeness (QED) is 0.886. The summed E-state index contributed by atoms with van der Waals surface area (Å²) >= 11 is 0. The molecule has 2 heteroatoms. The van der Waals surface area contributed by atoms with E-state index in [0.717, 1.165) is 19.3 Å². The van der Waals surface area contributed by atoms with E-state index >= 15 is 0 Å². The molecule has 1 N–H and O–H groups in total. The fourth-order valence-electron chi connectivity index (χ4n) is 2.93. The Morgan fingerprint density at radius 3 is 2.72 bits per heavy atom. The van der Waals surface area contributed by atoms with E-state index in [-0.39, 0.29) is 18.4 Å². The summed E-state index contributed by atoms with van der Waals surface area (Å²) in [5.74, 6) is 1.28. The highest BCUT2D eigenvalue weighted by atomic mass is 16.3. The number of benzene rings is 1. The van der Waals surface area contributed by atoms with Gasteiger partial charge in [-0.05, 0) is 36.7 Å². The van der Waals surface area contributed by atoms with Crippen molar-refractivity contribution < 1.29 is 9.90 Å². The van der Waals surface area contributed by atoms with Crippen LogP contribution in [0.15, 0.2) is 30.3 Å². The summed E-state index contributed by atoms with van der Waals surface area (Å²) in [5, 5.41) is 9.12. The third-order valence-corrected chi connectivity index (χ3v) is 4.03. The summed E-state index contributed by atoms with van der Waals surface area (Å²) in [5.41, 5.74) is 1.35. The van der Waals surface area contributed by atoms with Crippen molar-refractivity contribution in [1.82, 2.24) is 0 Å². The summed E-state index contributed by atoms with van der Waals surface area (Å²) in [7, 11) is 0. The van der Waals surface area contributed by atoms with Crippen LogP contribution in [0.5, 0.6) is 0 Å². The van der Waals surface area contributed by atoms with E-state index in [0.29, 0.717) is 18.1 Å². The smallest absolute Gasteiger partial charge is 0.136 e. The first-order valence-electron chi connectivity index (χ1n) is 6.89. The van der Waals surface area contributed by atoms with Crippen molar-refractivity contribution in [1.29, 1.82) is 0 Å². The number of rotatable bonds is 4. The van der Waals surface area contributed by atoms with Crippen LogP contribution >= 0.6 is 0 Å². The predicted octanol–water partition coefficient (Wildman–Crippen LogP) is 3.16. The second kappa shape index (κ2) is 6.14. The van der Waals surface area contributed by atoms with Gasteiger partial charge in [0.05, 0.1) is 0 Å². The van der Waals surface area contributed by atoms with E-state index in [2.05, 4.69) is 24.3 Å². The molecule has 0 spiro atoms. The lowest BCUT2D eigenvalue weighted by Crippen LogP contribution is -2.26. The Labute approximate surface area is 109 Å². The normalized spacial score (nSPS) is 26.0. The van der Waals surface area contributed by atoms with Crippen LogP contribution in [0.25, 0.3) is 0 Å². The predicted molar refractivity (Wildman–Crippen MR) is 72.4 cm³/mol. The third kappa shape index (κ3) is 3.20. The van der Waals surface area contributed by atoms with E-state index in [1.54, 1.807) is 0 Å². The first-order valence-corrected chi connectivity index (χ1v) is 6.89. The van der Waals surface area contributed by atoms with Crippen LogP contribution in [-0.4, -0.2) is 17.5 Å². The fourth-order valence-corrected chi connectivity index (χ4v) is 2.93. The molecule has 1 aromatic carbocycles. The molecule has 1 saturated carbocycles. The lowest BCUT2D eigenvalue weighted by atomic mass is 9.74. The second-order valence-corrected chi connectivity index (χ2v) is 5.57. The molecule has 1 fully saturated rings. The van der Waals surface area contributed by atoms with Crippen molar-refractivity contribution in [2.75, 3.05) is 6.61 Å². The molecule has 3 unspecified atom stereocenters. The molecule has 1 aromatic rings. The van der Waals surface area contributed by atoms with Gasteiger partial charge in [0.15, 0.2) is 0 Å². The Balaban J connectivity index is 2.02. The summed E-state index contributed by atoms with van der Waals surface area (Å²) < 4.78 is 0. The Hall–Kier alpha value is -1.15. The molecule has 0 bridgehead atoms. The number of ketones is 1. The van der Waals surface area contributed by atoms with Crippen LogP contribution in [0, 0.1) is 11.8 Å². The number of hydrogen-bond donors (Lipinski definition) is 1. The number of carbonyl (C=O) groups is 1. The highest BCUT2D eigenvalue weighted by molar-refractivity contribution is 5.82. The van der Waals surface area contributed by atoms with Gasteiger partial charge < -0.3 is 5.11 Å². The number of Topliss-reactive ketones (excluding diaryl/α,β-unsaturated/α-hetero) is 1. The molecule has 0 radical (unpaired) electrons. The largest absolute Gasteiger partial charge is 0.396 e. The van der Waals surface area contributed by atoms with E-state index in [1.165, 1.54) is 5.56 Å². The van der Waals surface area contributed by atoms with E-state index < -0.39 is 0 Å². The minimum atomic E-state index is 0.145. The van der Waals surface area contributed by atoms with Crippen molar-refractivity contribution in [2.45, 2.75) is 38.5 Å². The topological polar surface area (TPSA) is 37.3 Å². The van der Waals surface area contributed by atoms with Crippen LogP contribution in [-0.2, 0) is 4.79 Å². The maximum atomic E-state index is 11.9. The number of hydrogen-bond acceptors (Lipinski definition) is 2. The van der Waals surface area contributed by atoms with Crippen LogP contribution in [0.1, 0.15) is 44.1 Å². The lowest BCUT2D eigenvalue weighted by Gasteiger charge is -2.29. The van der Waals surface area contributed by atoms with E-state index in [4.69, 9.17) is 5.11 Å². The lowest BCUT2D eigenvalue weighted by molar-refractivity contribution is -0.125. The summed E-state index contributed by atoms with van der Waals surface area (Å²) in [6, 6.07) is 10.5. The van der Waals surface area contributed by atoms with Gasteiger partial charge in [-0.2, -0.15) is 0 Å². The van der Waals surface area contributed by atoms with Gasteiger partial charge in [-0.25, -0.2) is 0 Å². The SMILES string of the molecule is CC(CO)CC1CC(c2ccccc2)CCC1=O. The minimum absolute atomic E-state index is 0.145. The van der Waals surface area contributed by atoms with Gasteiger partial charge in [-0.1, -0.05) is 37.3 Å². The van der Waals surface area contributed by atoms with Crippen LogP contribution in [0.4, 0.5) is 0 Å². The zero-order valence-electron chi connectivity index (χ0n) is 11.0. The van der Waals surface area contributed by atoms with Gasteiger partial charge in [-0.15, -0.1) is 0 Å². The average molecular weight is 246 g/mol. The van der Waals surface area contributed by atoms with E-state index in [1.807, 2.05) is 13.0 Å². The third-order valence-electron chi connectivity index (χ3n) is 4.03. The Morgan fingerprint density at radius 1 is 1.33 bits per heavy atom. The number of aliphatic hydroxyl groups excluding tert-OH is 1. The minimum Gasteiger partial charge on any atom is -0.396 e. The molecule has 0 aliphatic heterocycles. The van der Waals surface area contributed by atoms with E-state index in [9.17, 15) is 4.79 Å². The van der Waals surface area contributed by atoms with Crippen LogP contribution in [0.2, 0.25) is 0 Å². The highest BCUT2D eigenvalue weighted by Gasteiger charge is 2.30. The monoisotopic (exact) mass is 246 g/mol. The van der Waals surface area contributed by atoms with Crippen LogP contribution < -0.4 is 0 Å². The highest BCUT2D eigenvalue weighted by Crippen LogP contribution is 2.36. The number of aliphatic hydroxyl groups is 1. The molecule has 0 amide bonds.